The minimum Gasteiger partial charge on any atom is -0.364 e. The Kier molecular flexibility index (Phi) is 3.21. The molecule has 1 aromatic heterocycles. The minimum atomic E-state index is -0.610. The van der Waals surface area contributed by atoms with Crippen molar-refractivity contribution in [2.75, 3.05) is 4.90 Å². The number of anilines is 1. The monoisotopic (exact) mass is 332 g/mol. The largest absolute Gasteiger partial charge is 0.364 e. The maximum Gasteiger partial charge on any atom is 0.269 e. The molecule has 0 atom stereocenters. The Morgan fingerprint density at radius 2 is 1.40 bits per heavy atom. The number of aromatic nitrogens is 2. The van der Waals surface area contributed by atoms with Crippen molar-refractivity contribution >= 4 is 23.4 Å². The van der Waals surface area contributed by atoms with E-state index in [0.717, 1.165) is 4.90 Å². The van der Waals surface area contributed by atoms with Crippen molar-refractivity contribution in [2.45, 2.75) is 0 Å². The van der Waals surface area contributed by atoms with Crippen molar-refractivity contribution in [2.24, 2.45) is 5.73 Å². The number of nitrogens with two attached hydrogens (primary N) is 1. The third-order valence-electron chi connectivity index (χ3n) is 4.01. The highest BCUT2D eigenvalue weighted by atomic mass is 16.2. The summed E-state index contributed by atoms with van der Waals surface area (Å²) in [6.07, 6.45) is 1.61. The van der Waals surface area contributed by atoms with Crippen LogP contribution in [-0.2, 0) is 0 Å². The van der Waals surface area contributed by atoms with Crippen molar-refractivity contribution in [1.82, 2.24) is 9.78 Å². The van der Waals surface area contributed by atoms with E-state index in [4.69, 9.17) is 5.73 Å². The van der Waals surface area contributed by atoms with Crippen LogP contribution in [0.5, 0.6) is 0 Å². The van der Waals surface area contributed by atoms with Gasteiger partial charge in [0.25, 0.3) is 17.7 Å². The molecule has 2 heterocycles. The molecule has 0 bridgehead atoms. The van der Waals surface area contributed by atoms with E-state index in [2.05, 4.69) is 5.10 Å². The van der Waals surface area contributed by atoms with Crippen molar-refractivity contribution < 1.29 is 14.4 Å². The van der Waals surface area contributed by atoms with Gasteiger partial charge in [-0.25, -0.2) is 9.58 Å². The maximum absolute atomic E-state index is 12.5. The predicted molar refractivity (Wildman–Crippen MR) is 89.7 cm³/mol. The van der Waals surface area contributed by atoms with Crippen LogP contribution in [0.3, 0.4) is 0 Å². The molecule has 1 aliphatic heterocycles. The molecular formula is C18H12N4O3. The van der Waals surface area contributed by atoms with Gasteiger partial charge in [0.15, 0.2) is 0 Å². The molecule has 0 saturated heterocycles. The second-order valence-electron chi connectivity index (χ2n) is 5.52. The van der Waals surface area contributed by atoms with Crippen LogP contribution in [0, 0.1) is 0 Å². The molecule has 0 fully saturated rings. The number of fused-ring (bicyclic) bond motifs is 1. The molecule has 7 nitrogen and oxygen atoms in total. The summed E-state index contributed by atoms with van der Waals surface area (Å²) in [5.74, 6) is -1.30. The van der Waals surface area contributed by atoms with Gasteiger partial charge in [-0.3, -0.25) is 14.4 Å². The zero-order chi connectivity index (χ0) is 17.6. The Labute approximate surface area is 142 Å². The van der Waals surface area contributed by atoms with Gasteiger partial charge in [-0.2, -0.15) is 5.10 Å². The Morgan fingerprint density at radius 3 is 1.92 bits per heavy atom. The van der Waals surface area contributed by atoms with E-state index in [1.165, 1.54) is 10.7 Å². The number of carbonyl (C=O) groups excluding carboxylic acids is 3. The van der Waals surface area contributed by atoms with E-state index in [1.54, 1.807) is 54.7 Å². The van der Waals surface area contributed by atoms with Crippen LogP contribution in [0.4, 0.5) is 5.69 Å². The molecule has 25 heavy (non-hydrogen) atoms. The molecular weight excluding hydrogens is 320 g/mol. The zero-order valence-electron chi connectivity index (χ0n) is 12.9. The van der Waals surface area contributed by atoms with E-state index in [0.29, 0.717) is 22.5 Å². The summed E-state index contributed by atoms with van der Waals surface area (Å²) < 4.78 is 1.49. The molecule has 1 aliphatic rings. The lowest BCUT2D eigenvalue weighted by Gasteiger charge is -2.14. The van der Waals surface area contributed by atoms with E-state index >= 15 is 0 Å². The SMILES string of the molecule is NC(=O)c1ccn(-c2ccc(N3C(=O)c4ccccc4C3=O)cc2)n1. The second kappa shape index (κ2) is 5.41. The number of benzene rings is 2. The van der Waals surface area contributed by atoms with Crippen LogP contribution >= 0.6 is 0 Å². The molecule has 0 spiro atoms. The lowest BCUT2D eigenvalue weighted by atomic mass is 10.1. The minimum absolute atomic E-state index is 0.157. The first-order chi connectivity index (χ1) is 12.1. The third-order valence-corrected chi connectivity index (χ3v) is 4.01. The molecule has 4 rings (SSSR count). The summed E-state index contributed by atoms with van der Waals surface area (Å²) in [5, 5.41) is 4.06. The first-order valence-corrected chi connectivity index (χ1v) is 7.50. The number of primary amides is 1. The first kappa shape index (κ1) is 14.8. The molecule has 0 radical (unpaired) electrons. The molecule has 0 aliphatic carbocycles. The van der Waals surface area contributed by atoms with E-state index < -0.39 is 5.91 Å². The average molecular weight is 332 g/mol. The summed E-state index contributed by atoms with van der Waals surface area (Å²) in [6, 6.07) is 15.0. The quantitative estimate of drug-likeness (QED) is 0.739. The summed E-state index contributed by atoms with van der Waals surface area (Å²) in [7, 11) is 0. The van der Waals surface area contributed by atoms with E-state index in [-0.39, 0.29) is 17.5 Å². The van der Waals surface area contributed by atoms with Gasteiger partial charge < -0.3 is 5.73 Å². The molecule has 7 heteroatoms. The van der Waals surface area contributed by atoms with Crippen molar-refractivity contribution in [3.05, 3.63) is 77.6 Å². The highest BCUT2D eigenvalue weighted by Gasteiger charge is 2.36. The molecule has 122 valence electrons. The van der Waals surface area contributed by atoms with Crippen molar-refractivity contribution in [3.63, 3.8) is 0 Å². The molecule has 3 amide bonds. The van der Waals surface area contributed by atoms with Gasteiger partial charge in [-0.15, -0.1) is 0 Å². The van der Waals surface area contributed by atoms with Crippen LogP contribution in [0.15, 0.2) is 60.8 Å². The summed E-state index contributed by atoms with van der Waals surface area (Å²) in [4.78, 5) is 37.2. The predicted octanol–water partition coefficient (Wildman–Crippen LogP) is 1.77. The normalized spacial score (nSPS) is 13.2. The van der Waals surface area contributed by atoms with Crippen LogP contribution in [-0.4, -0.2) is 27.5 Å². The fourth-order valence-corrected chi connectivity index (χ4v) is 2.78. The maximum atomic E-state index is 12.5. The van der Waals surface area contributed by atoms with Crippen LogP contribution in [0.2, 0.25) is 0 Å². The highest BCUT2D eigenvalue weighted by molar-refractivity contribution is 6.34. The van der Waals surface area contributed by atoms with Gasteiger partial charge in [0.2, 0.25) is 0 Å². The van der Waals surface area contributed by atoms with E-state index in [1.807, 2.05) is 0 Å². The van der Waals surface area contributed by atoms with Crippen molar-refractivity contribution in [1.29, 1.82) is 0 Å². The van der Waals surface area contributed by atoms with Crippen LogP contribution in [0.1, 0.15) is 31.2 Å². The summed E-state index contributed by atoms with van der Waals surface area (Å²) in [6.45, 7) is 0. The second-order valence-corrected chi connectivity index (χ2v) is 5.52. The molecule has 2 N–H and O–H groups in total. The van der Waals surface area contributed by atoms with Gasteiger partial charge in [-0.05, 0) is 42.5 Å². The number of imide groups is 1. The lowest BCUT2D eigenvalue weighted by molar-refractivity contribution is 0.0924. The number of hydrogen-bond donors (Lipinski definition) is 1. The van der Waals surface area contributed by atoms with E-state index in [9.17, 15) is 14.4 Å². The topological polar surface area (TPSA) is 98.3 Å². The molecule has 2 aromatic carbocycles. The average Bonchev–Trinajstić information content (AvgIpc) is 3.21. The summed E-state index contributed by atoms with van der Waals surface area (Å²) >= 11 is 0. The first-order valence-electron chi connectivity index (χ1n) is 7.50. The Morgan fingerprint density at radius 1 is 0.840 bits per heavy atom. The fraction of sp³-hybridized carbons (Fsp3) is 0. The standard InChI is InChI=1S/C18H12N4O3/c19-16(23)15-9-10-21(20-15)11-5-7-12(8-6-11)22-17(24)13-3-1-2-4-14(13)18(22)25/h1-10H,(H2,19,23). The van der Waals surface area contributed by atoms with Crippen LogP contribution < -0.4 is 10.6 Å². The smallest absolute Gasteiger partial charge is 0.269 e. The molecule has 3 aromatic rings. The highest BCUT2D eigenvalue weighted by Crippen LogP contribution is 2.28. The number of nitrogens with zero attached hydrogens (tertiary/aromatic N) is 3. The fourth-order valence-electron chi connectivity index (χ4n) is 2.78. The Bertz CT molecular complexity index is 986. The number of amides is 3. The number of hydrogen-bond acceptors (Lipinski definition) is 4. The van der Waals surface area contributed by atoms with Gasteiger partial charge in [0, 0.05) is 6.20 Å². The van der Waals surface area contributed by atoms with Gasteiger partial charge in [-0.1, -0.05) is 12.1 Å². The Hall–Kier alpha value is -3.74. The Balaban J connectivity index is 1.66. The third kappa shape index (κ3) is 2.29. The molecule has 0 unspecified atom stereocenters. The number of carbonyl (C=O) groups is 3. The van der Waals surface area contributed by atoms with Gasteiger partial charge in [0.1, 0.15) is 5.69 Å². The van der Waals surface area contributed by atoms with Crippen molar-refractivity contribution in [3.8, 4) is 5.69 Å². The number of rotatable bonds is 3. The van der Waals surface area contributed by atoms with Gasteiger partial charge >= 0.3 is 0 Å². The molecule has 0 saturated carbocycles. The lowest BCUT2D eigenvalue weighted by Crippen LogP contribution is -2.29. The van der Waals surface area contributed by atoms with Crippen LogP contribution in [0.25, 0.3) is 5.69 Å². The van der Waals surface area contributed by atoms with Gasteiger partial charge in [0.05, 0.1) is 22.5 Å². The summed E-state index contributed by atoms with van der Waals surface area (Å²) in [5.41, 5.74) is 7.28. The zero-order valence-corrected chi connectivity index (χ0v) is 12.9.